The molecule has 0 spiro atoms. The molecule has 0 amide bonds. The third kappa shape index (κ3) is 8.89. The second kappa shape index (κ2) is 8.70. The van der Waals surface area contributed by atoms with E-state index in [4.69, 9.17) is 9.47 Å². The third-order valence-corrected chi connectivity index (χ3v) is 4.31. The van der Waals surface area contributed by atoms with Crippen LogP contribution in [0.1, 0.15) is 89.0 Å². The fraction of sp³-hybridized carbons (Fsp3) is 0.864. The first-order chi connectivity index (χ1) is 11.0. The lowest BCUT2D eigenvalue weighted by atomic mass is 9.67. The topological polar surface area (TPSA) is 35.5 Å². The van der Waals surface area contributed by atoms with Crippen LogP contribution in [-0.2, 0) is 14.3 Å². The summed E-state index contributed by atoms with van der Waals surface area (Å²) in [5.41, 5.74) is -1.31. The third-order valence-electron chi connectivity index (χ3n) is 4.31. The second-order valence-corrected chi connectivity index (χ2v) is 10.3. The molecule has 0 aromatic rings. The van der Waals surface area contributed by atoms with Crippen molar-refractivity contribution < 1.29 is 14.3 Å². The molecule has 0 bridgehead atoms. The lowest BCUT2D eigenvalue weighted by Crippen LogP contribution is -2.43. The molecule has 0 aliphatic carbocycles. The van der Waals surface area contributed by atoms with E-state index in [0.29, 0.717) is 13.0 Å². The lowest BCUT2D eigenvalue weighted by molar-refractivity contribution is -0.173. The molecule has 1 atom stereocenters. The van der Waals surface area contributed by atoms with Crippen molar-refractivity contribution in [3.8, 4) is 0 Å². The highest BCUT2D eigenvalue weighted by Gasteiger charge is 2.45. The Morgan fingerprint density at radius 2 is 1.52 bits per heavy atom. The maximum absolute atomic E-state index is 13.2. The van der Waals surface area contributed by atoms with E-state index in [1.165, 1.54) is 0 Å². The van der Waals surface area contributed by atoms with Gasteiger partial charge in [0.1, 0.15) is 5.60 Å². The Kier molecular flexibility index (Phi) is 8.42. The first kappa shape index (κ1) is 24.2. The van der Waals surface area contributed by atoms with Crippen LogP contribution in [0.2, 0.25) is 0 Å². The van der Waals surface area contributed by atoms with Gasteiger partial charge in [0.2, 0.25) is 0 Å². The van der Waals surface area contributed by atoms with Crippen molar-refractivity contribution in [3.63, 3.8) is 0 Å². The molecule has 0 radical (unpaired) electrons. The Hall–Kier alpha value is -0.830. The van der Waals surface area contributed by atoms with Crippen molar-refractivity contribution >= 4 is 5.97 Å². The van der Waals surface area contributed by atoms with Gasteiger partial charge in [-0.25, -0.2) is 0 Å². The molecule has 0 saturated carbocycles. The fourth-order valence-corrected chi connectivity index (χ4v) is 3.01. The van der Waals surface area contributed by atoms with Gasteiger partial charge >= 0.3 is 5.97 Å². The van der Waals surface area contributed by atoms with Gasteiger partial charge in [-0.1, -0.05) is 46.8 Å². The van der Waals surface area contributed by atoms with Crippen LogP contribution in [0.25, 0.3) is 0 Å². The van der Waals surface area contributed by atoms with Crippen molar-refractivity contribution in [3.05, 3.63) is 12.2 Å². The lowest BCUT2D eigenvalue weighted by Gasteiger charge is -2.40. The number of carbonyl (C=O) groups excluding carboxylic acids is 1. The summed E-state index contributed by atoms with van der Waals surface area (Å²) in [5, 5.41) is 0. The summed E-state index contributed by atoms with van der Waals surface area (Å²) in [6.07, 6.45) is 5.45. The molecule has 0 aliphatic rings. The van der Waals surface area contributed by atoms with E-state index in [2.05, 4.69) is 34.6 Å². The van der Waals surface area contributed by atoms with Gasteiger partial charge in [-0.05, 0) is 59.3 Å². The van der Waals surface area contributed by atoms with Crippen LogP contribution in [0.4, 0.5) is 0 Å². The zero-order valence-corrected chi connectivity index (χ0v) is 18.6. The minimum absolute atomic E-state index is 0.0300. The van der Waals surface area contributed by atoms with E-state index in [-0.39, 0.29) is 22.9 Å². The highest BCUT2D eigenvalue weighted by atomic mass is 16.6. The zero-order chi connectivity index (χ0) is 20.1. The number of carbonyl (C=O) groups is 1. The van der Waals surface area contributed by atoms with Crippen LogP contribution in [-0.4, -0.2) is 23.8 Å². The number of hydrogen-bond acceptors (Lipinski definition) is 3. The van der Waals surface area contributed by atoms with Crippen LogP contribution in [0.5, 0.6) is 0 Å². The van der Waals surface area contributed by atoms with Crippen LogP contribution in [0, 0.1) is 16.7 Å². The Morgan fingerprint density at radius 1 is 1.00 bits per heavy atom. The van der Waals surface area contributed by atoms with Gasteiger partial charge in [-0.3, -0.25) is 4.79 Å². The predicted molar refractivity (Wildman–Crippen MR) is 107 cm³/mol. The molecule has 0 rings (SSSR count). The largest absolute Gasteiger partial charge is 0.459 e. The first-order valence-electron chi connectivity index (χ1n) is 9.56. The number of rotatable bonds is 8. The molecule has 0 heterocycles. The summed E-state index contributed by atoms with van der Waals surface area (Å²) in [6.45, 7) is 23.3. The number of esters is 1. The highest BCUT2D eigenvalue weighted by Crippen LogP contribution is 2.43. The maximum Gasteiger partial charge on any atom is 0.316 e. The SMILES string of the molecule is CC=CC(CC(C)(C)C)(C(=O)OC(C)(C)CCOC(C)(C)C)C(C)C. The average molecular weight is 355 g/mol. The average Bonchev–Trinajstić information content (AvgIpc) is 2.33. The van der Waals surface area contributed by atoms with E-state index in [1.807, 2.05) is 53.7 Å². The molecule has 25 heavy (non-hydrogen) atoms. The quantitative estimate of drug-likeness (QED) is 0.386. The van der Waals surface area contributed by atoms with E-state index in [9.17, 15) is 4.79 Å². The Balaban J connectivity index is 5.31. The van der Waals surface area contributed by atoms with Crippen molar-refractivity contribution in [2.75, 3.05) is 6.61 Å². The molecule has 0 aromatic carbocycles. The normalized spacial score (nSPS) is 16.3. The van der Waals surface area contributed by atoms with Gasteiger partial charge in [0.15, 0.2) is 0 Å². The van der Waals surface area contributed by atoms with Crippen LogP contribution < -0.4 is 0 Å². The Morgan fingerprint density at radius 3 is 1.88 bits per heavy atom. The second-order valence-electron chi connectivity index (χ2n) is 10.3. The standard InChI is InChI=1S/C22H42O3/c1-12-13-22(17(2)3,16-19(4,5)6)18(23)25-21(10,11)14-15-24-20(7,8)9/h12-13,17H,14-16H2,1-11H3. The van der Waals surface area contributed by atoms with Gasteiger partial charge in [0, 0.05) is 6.42 Å². The van der Waals surface area contributed by atoms with Crippen molar-refractivity contribution in [2.45, 2.75) is 100 Å². The fourth-order valence-electron chi connectivity index (χ4n) is 3.01. The predicted octanol–water partition coefficient (Wildman–Crippen LogP) is 6.17. The van der Waals surface area contributed by atoms with Gasteiger partial charge in [0.25, 0.3) is 0 Å². The molecular formula is C22H42O3. The molecule has 0 fully saturated rings. The molecule has 3 heteroatoms. The summed E-state index contributed by atoms with van der Waals surface area (Å²) in [5.74, 6) is 0.0355. The summed E-state index contributed by atoms with van der Waals surface area (Å²) in [4.78, 5) is 13.2. The highest BCUT2D eigenvalue weighted by molar-refractivity contribution is 5.80. The smallest absolute Gasteiger partial charge is 0.316 e. The summed E-state index contributed by atoms with van der Waals surface area (Å²) >= 11 is 0. The molecule has 0 saturated heterocycles. The zero-order valence-electron chi connectivity index (χ0n) is 18.6. The minimum atomic E-state index is -0.602. The van der Waals surface area contributed by atoms with Gasteiger partial charge in [-0.15, -0.1) is 0 Å². The summed E-state index contributed by atoms with van der Waals surface area (Å²) < 4.78 is 11.8. The summed E-state index contributed by atoms with van der Waals surface area (Å²) in [6, 6.07) is 0. The van der Waals surface area contributed by atoms with Gasteiger partial charge in [0.05, 0.1) is 17.6 Å². The van der Waals surface area contributed by atoms with Crippen LogP contribution >= 0.6 is 0 Å². The number of allylic oxidation sites excluding steroid dienone is 1. The molecule has 0 aliphatic heterocycles. The first-order valence-corrected chi connectivity index (χ1v) is 9.56. The summed E-state index contributed by atoms with van der Waals surface area (Å²) in [7, 11) is 0. The molecular weight excluding hydrogens is 312 g/mol. The van der Waals surface area contributed by atoms with Crippen molar-refractivity contribution in [1.29, 1.82) is 0 Å². The van der Waals surface area contributed by atoms with Crippen molar-refractivity contribution in [1.82, 2.24) is 0 Å². The maximum atomic E-state index is 13.2. The Bertz CT molecular complexity index is 447. The number of ether oxygens (including phenoxy) is 2. The van der Waals surface area contributed by atoms with Crippen LogP contribution in [0.15, 0.2) is 12.2 Å². The number of hydrogen-bond donors (Lipinski definition) is 0. The molecule has 1 unspecified atom stereocenters. The van der Waals surface area contributed by atoms with E-state index in [0.717, 1.165) is 6.42 Å². The molecule has 148 valence electrons. The molecule has 0 aromatic heterocycles. The molecule has 3 nitrogen and oxygen atoms in total. The van der Waals surface area contributed by atoms with E-state index >= 15 is 0 Å². The monoisotopic (exact) mass is 354 g/mol. The minimum Gasteiger partial charge on any atom is -0.459 e. The van der Waals surface area contributed by atoms with E-state index in [1.54, 1.807) is 0 Å². The van der Waals surface area contributed by atoms with Gasteiger partial charge in [-0.2, -0.15) is 0 Å². The van der Waals surface area contributed by atoms with Gasteiger partial charge < -0.3 is 9.47 Å². The van der Waals surface area contributed by atoms with Crippen molar-refractivity contribution in [2.24, 2.45) is 16.7 Å². The Labute approximate surface area is 156 Å². The molecule has 0 N–H and O–H groups in total. The van der Waals surface area contributed by atoms with Crippen LogP contribution in [0.3, 0.4) is 0 Å². The van der Waals surface area contributed by atoms with E-state index < -0.39 is 11.0 Å².